The Morgan fingerprint density at radius 1 is 1.05 bits per heavy atom. The molecule has 1 atom stereocenters. The van der Waals surface area contributed by atoms with Crippen molar-refractivity contribution in [1.29, 1.82) is 0 Å². The molecule has 0 amide bonds. The highest BCUT2D eigenvalue weighted by Gasteiger charge is 2.40. The van der Waals surface area contributed by atoms with Crippen LogP contribution in [0.5, 0.6) is 0 Å². The van der Waals surface area contributed by atoms with Crippen molar-refractivity contribution in [2.24, 2.45) is 0 Å². The summed E-state index contributed by atoms with van der Waals surface area (Å²) < 4.78 is 0. The SMILES string of the molecule is CNC(c1ccc(Cl)cc1)C1(N(C)C)CCCCCC1. The van der Waals surface area contributed by atoms with Crippen LogP contribution >= 0.6 is 11.6 Å². The lowest BCUT2D eigenvalue weighted by Gasteiger charge is -2.46. The Hall–Kier alpha value is -0.570. The molecule has 1 fully saturated rings. The Morgan fingerprint density at radius 3 is 2.05 bits per heavy atom. The van der Waals surface area contributed by atoms with E-state index < -0.39 is 0 Å². The lowest BCUT2D eigenvalue weighted by molar-refractivity contribution is 0.0834. The Morgan fingerprint density at radius 2 is 1.60 bits per heavy atom. The van der Waals surface area contributed by atoms with Crippen molar-refractivity contribution in [3.05, 3.63) is 34.9 Å². The van der Waals surface area contributed by atoms with Crippen molar-refractivity contribution in [3.8, 4) is 0 Å². The smallest absolute Gasteiger partial charge is 0.0504 e. The monoisotopic (exact) mass is 294 g/mol. The molecular formula is C17H27ClN2. The maximum Gasteiger partial charge on any atom is 0.0504 e. The van der Waals surface area contributed by atoms with Crippen molar-refractivity contribution < 1.29 is 0 Å². The molecule has 0 saturated heterocycles. The van der Waals surface area contributed by atoms with Gasteiger partial charge in [0, 0.05) is 10.6 Å². The maximum atomic E-state index is 6.04. The molecule has 112 valence electrons. The van der Waals surface area contributed by atoms with E-state index in [0.29, 0.717) is 6.04 Å². The van der Waals surface area contributed by atoms with Crippen LogP contribution in [-0.2, 0) is 0 Å². The number of benzene rings is 1. The summed E-state index contributed by atoms with van der Waals surface area (Å²) in [5.74, 6) is 0. The minimum absolute atomic E-state index is 0.207. The van der Waals surface area contributed by atoms with E-state index >= 15 is 0 Å². The molecule has 1 unspecified atom stereocenters. The van der Waals surface area contributed by atoms with Crippen LogP contribution < -0.4 is 5.32 Å². The number of halogens is 1. The van der Waals surface area contributed by atoms with Crippen LogP contribution in [0.25, 0.3) is 0 Å². The fourth-order valence-corrected chi connectivity index (χ4v) is 3.86. The van der Waals surface area contributed by atoms with E-state index in [1.165, 1.54) is 44.1 Å². The van der Waals surface area contributed by atoms with Gasteiger partial charge in [-0.2, -0.15) is 0 Å². The van der Waals surface area contributed by atoms with Crippen molar-refractivity contribution in [1.82, 2.24) is 10.2 Å². The molecule has 0 radical (unpaired) electrons. The first kappa shape index (κ1) is 15.8. The molecule has 1 aromatic carbocycles. The summed E-state index contributed by atoms with van der Waals surface area (Å²) in [7, 11) is 6.53. The molecular weight excluding hydrogens is 268 g/mol. The molecule has 3 heteroatoms. The molecule has 0 aliphatic heterocycles. The minimum atomic E-state index is 0.207. The molecule has 1 aliphatic rings. The topological polar surface area (TPSA) is 15.3 Å². The van der Waals surface area contributed by atoms with E-state index in [9.17, 15) is 0 Å². The molecule has 1 aromatic rings. The maximum absolute atomic E-state index is 6.04. The summed E-state index contributed by atoms with van der Waals surface area (Å²) >= 11 is 6.04. The molecule has 0 heterocycles. The second-order valence-electron chi connectivity index (χ2n) is 6.19. The highest BCUT2D eigenvalue weighted by Crippen LogP contribution is 2.41. The quantitative estimate of drug-likeness (QED) is 0.835. The molecule has 1 saturated carbocycles. The van der Waals surface area contributed by atoms with Crippen LogP contribution in [0.15, 0.2) is 24.3 Å². The number of rotatable bonds is 4. The van der Waals surface area contributed by atoms with Crippen LogP contribution in [-0.4, -0.2) is 31.6 Å². The summed E-state index contributed by atoms with van der Waals surface area (Å²) in [6.07, 6.45) is 7.90. The van der Waals surface area contributed by atoms with Crippen LogP contribution in [0, 0.1) is 0 Å². The molecule has 0 bridgehead atoms. The summed E-state index contributed by atoms with van der Waals surface area (Å²) in [5, 5.41) is 4.38. The van der Waals surface area contributed by atoms with Crippen LogP contribution in [0.4, 0.5) is 0 Å². The first-order valence-corrected chi connectivity index (χ1v) is 8.08. The summed E-state index contributed by atoms with van der Waals surface area (Å²) in [6, 6.07) is 8.69. The van der Waals surface area contributed by atoms with Gasteiger partial charge in [-0.25, -0.2) is 0 Å². The van der Waals surface area contributed by atoms with Gasteiger partial charge in [0.05, 0.1) is 6.04 Å². The van der Waals surface area contributed by atoms with Gasteiger partial charge in [0.1, 0.15) is 0 Å². The third-order valence-electron chi connectivity index (χ3n) is 4.89. The van der Waals surface area contributed by atoms with Gasteiger partial charge in [0.15, 0.2) is 0 Å². The van der Waals surface area contributed by atoms with Gasteiger partial charge < -0.3 is 10.2 Å². The Kier molecular flexibility index (Phi) is 5.48. The highest BCUT2D eigenvalue weighted by atomic mass is 35.5. The number of likely N-dealkylation sites (N-methyl/N-ethyl adjacent to an activating group) is 2. The van der Waals surface area contributed by atoms with Crippen LogP contribution in [0.2, 0.25) is 5.02 Å². The third kappa shape index (κ3) is 3.19. The summed E-state index contributed by atoms with van der Waals surface area (Å²) in [4.78, 5) is 2.44. The minimum Gasteiger partial charge on any atom is -0.311 e. The molecule has 0 aromatic heterocycles. The van der Waals surface area contributed by atoms with E-state index in [1.807, 2.05) is 12.1 Å². The summed E-state index contributed by atoms with van der Waals surface area (Å²) in [5.41, 5.74) is 1.55. The summed E-state index contributed by atoms with van der Waals surface area (Å²) in [6.45, 7) is 0. The molecule has 20 heavy (non-hydrogen) atoms. The standard InChI is InChI=1S/C17H27ClN2/c1-19-16(14-8-10-15(18)11-9-14)17(20(2)3)12-6-4-5-7-13-17/h8-11,16,19H,4-7,12-13H2,1-3H3. The van der Waals surface area contributed by atoms with Crippen LogP contribution in [0.1, 0.15) is 50.1 Å². The molecule has 1 aliphatic carbocycles. The predicted octanol–water partition coefficient (Wildman–Crippen LogP) is 4.26. The first-order valence-electron chi connectivity index (χ1n) is 7.70. The number of nitrogens with one attached hydrogen (secondary N) is 1. The zero-order chi connectivity index (χ0) is 14.6. The normalized spacial score (nSPS) is 20.6. The van der Waals surface area contributed by atoms with E-state index in [0.717, 1.165) is 5.02 Å². The zero-order valence-electron chi connectivity index (χ0n) is 13.0. The van der Waals surface area contributed by atoms with Gasteiger partial charge >= 0.3 is 0 Å². The van der Waals surface area contributed by atoms with Crippen molar-refractivity contribution in [2.75, 3.05) is 21.1 Å². The van der Waals surface area contributed by atoms with Crippen molar-refractivity contribution >= 4 is 11.6 Å². The van der Waals surface area contributed by atoms with Gasteiger partial charge in [-0.1, -0.05) is 49.4 Å². The van der Waals surface area contributed by atoms with Gasteiger partial charge in [0.2, 0.25) is 0 Å². The number of nitrogens with zero attached hydrogens (tertiary/aromatic N) is 1. The Labute approximate surface area is 128 Å². The predicted molar refractivity (Wildman–Crippen MR) is 87.4 cm³/mol. The van der Waals surface area contributed by atoms with E-state index in [1.54, 1.807) is 0 Å². The van der Waals surface area contributed by atoms with Crippen molar-refractivity contribution in [2.45, 2.75) is 50.1 Å². The zero-order valence-corrected chi connectivity index (χ0v) is 13.7. The Balaban J connectivity index is 2.36. The second-order valence-corrected chi connectivity index (χ2v) is 6.62. The van der Waals surface area contributed by atoms with Gasteiger partial charge in [-0.05, 0) is 51.7 Å². The third-order valence-corrected chi connectivity index (χ3v) is 5.14. The van der Waals surface area contributed by atoms with Crippen molar-refractivity contribution in [3.63, 3.8) is 0 Å². The van der Waals surface area contributed by atoms with E-state index in [4.69, 9.17) is 11.6 Å². The molecule has 0 spiro atoms. The van der Waals surface area contributed by atoms with Gasteiger partial charge in [0.25, 0.3) is 0 Å². The molecule has 2 nitrogen and oxygen atoms in total. The average molecular weight is 295 g/mol. The largest absolute Gasteiger partial charge is 0.311 e. The fraction of sp³-hybridized carbons (Fsp3) is 0.647. The Bertz CT molecular complexity index is 406. The lowest BCUT2D eigenvalue weighted by atomic mass is 9.78. The second kappa shape index (κ2) is 6.93. The van der Waals surface area contributed by atoms with E-state index in [2.05, 4.69) is 43.5 Å². The molecule has 1 N–H and O–H groups in total. The average Bonchev–Trinajstić information content (AvgIpc) is 2.69. The highest BCUT2D eigenvalue weighted by molar-refractivity contribution is 6.30. The fourth-order valence-electron chi connectivity index (χ4n) is 3.74. The van der Waals surface area contributed by atoms with E-state index in [-0.39, 0.29) is 5.54 Å². The number of hydrogen-bond donors (Lipinski definition) is 1. The van der Waals surface area contributed by atoms with Gasteiger partial charge in [-0.15, -0.1) is 0 Å². The lowest BCUT2D eigenvalue weighted by Crippen LogP contribution is -2.52. The molecule has 2 rings (SSSR count). The van der Waals surface area contributed by atoms with Gasteiger partial charge in [-0.3, -0.25) is 0 Å². The number of hydrogen-bond acceptors (Lipinski definition) is 2. The van der Waals surface area contributed by atoms with Crippen LogP contribution in [0.3, 0.4) is 0 Å². The first-order chi connectivity index (χ1) is 9.60.